The monoisotopic (exact) mass is 500 g/mol. The lowest BCUT2D eigenvalue weighted by molar-refractivity contribution is -0.143. The van der Waals surface area contributed by atoms with Crippen LogP contribution in [-0.4, -0.2) is 42.9 Å². The SMILES string of the molecule is CCOC(=O)Cn1c(=NC(=O)c2cc(OCC)c(OCC)c(OCC)c2)sc2c(C)cc(C)cc21. The molecule has 0 aliphatic rings. The van der Waals surface area contributed by atoms with Crippen molar-refractivity contribution in [3.05, 3.63) is 45.8 Å². The van der Waals surface area contributed by atoms with Crippen LogP contribution in [0.1, 0.15) is 49.2 Å². The number of benzene rings is 2. The van der Waals surface area contributed by atoms with Gasteiger partial charge in [-0.3, -0.25) is 9.59 Å². The average Bonchev–Trinajstić information content (AvgIpc) is 3.13. The Morgan fingerprint density at radius 3 is 2.09 bits per heavy atom. The Labute approximate surface area is 209 Å². The van der Waals surface area contributed by atoms with Gasteiger partial charge in [0.05, 0.1) is 36.6 Å². The fourth-order valence-corrected chi connectivity index (χ4v) is 4.83. The molecule has 0 bridgehead atoms. The predicted molar refractivity (Wildman–Crippen MR) is 136 cm³/mol. The molecule has 0 saturated carbocycles. The molecule has 3 aromatic rings. The highest BCUT2D eigenvalue weighted by Crippen LogP contribution is 2.39. The van der Waals surface area contributed by atoms with E-state index in [1.807, 2.05) is 40.7 Å². The maximum atomic E-state index is 13.3. The summed E-state index contributed by atoms with van der Waals surface area (Å²) in [5.41, 5.74) is 3.24. The smallest absolute Gasteiger partial charge is 0.326 e. The molecular weight excluding hydrogens is 468 g/mol. The molecule has 1 heterocycles. The Bertz CT molecular complexity index is 1260. The van der Waals surface area contributed by atoms with Gasteiger partial charge in [-0.2, -0.15) is 4.99 Å². The number of nitrogens with zero attached hydrogens (tertiary/aromatic N) is 2. The number of hydrogen-bond acceptors (Lipinski definition) is 7. The molecule has 0 aliphatic heterocycles. The Balaban J connectivity index is 2.17. The van der Waals surface area contributed by atoms with Crippen LogP contribution in [-0.2, 0) is 16.1 Å². The van der Waals surface area contributed by atoms with E-state index >= 15 is 0 Å². The Morgan fingerprint density at radius 2 is 1.51 bits per heavy atom. The molecule has 9 heteroatoms. The topological polar surface area (TPSA) is 88.4 Å². The van der Waals surface area contributed by atoms with Crippen LogP contribution in [0.3, 0.4) is 0 Å². The lowest BCUT2D eigenvalue weighted by atomic mass is 10.1. The second kappa shape index (κ2) is 11.9. The van der Waals surface area contributed by atoms with E-state index in [1.54, 1.807) is 23.6 Å². The second-order valence-corrected chi connectivity index (χ2v) is 8.70. The van der Waals surface area contributed by atoms with Gasteiger partial charge in [0, 0.05) is 5.56 Å². The molecule has 0 spiro atoms. The third kappa shape index (κ3) is 6.03. The fraction of sp³-hybridized carbons (Fsp3) is 0.423. The highest BCUT2D eigenvalue weighted by molar-refractivity contribution is 7.16. The van der Waals surface area contributed by atoms with Crippen molar-refractivity contribution in [3.8, 4) is 17.2 Å². The predicted octanol–water partition coefficient (Wildman–Crippen LogP) is 4.82. The fourth-order valence-electron chi connectivity index (χ4n) is 3.75. The minimum absolute atomic E-state index is 0.0412. The summed E-state index contributed by atoms with van der Waals surface area (Å²) in [4.78, 5) is 30.5. The van der Waals surface area contributed by atoms with Crippen molar-refractivity contribution in [2.24, 2.45) is 4.99 Å². The zero-order chi connectivity index (χ0) is 25.5. The number of aryl methyl sites for hydroxylation is 2. The first-order chi connectivity index (χ1) is 16.8. The van der Waals surface area contributed by atoms with Gasteiger partial charge in [-0.05, 0) is 70.9 Å². The molecule has 8 nitrogen and oxygen atoms in total. The molecule has 0 fully saturated rings. The summed E-state index contributed by atoms with van der Waals surface area (Å²) in [7, 11) is 0. The van der Waals surface area contributed by atoms with E-state index in [4.69, 9.17) is 18.9 Å². The normalized spacial score (nSPS) is 11.5. The van der Waals surface area contributed by atoms with Crippen molar-refractivity contribution >= 4 is 33.4 Å². The molecular formula is C26H32N2O6S. The van der Waals surface area contributed by atoms with Gasteiger partial charge in [0.25, 0.3) is 5.91 Å². The molecule has 0 saturated heterocycles. The Hall–Kier alpha value is -3.33. The summed E-state index contributed by atoms with van der Waals surface area (Å²) in [6.45, 7) is 12.8. The van der Waals surface area contributed by atoms with E-state index in [-0.39, 0.29) is 13.2 Å². The van der Waals surface area contributed by atoms with Crippen molar-refractivity contribution in [2.75, 3.05) is 26.4 Å². The van der Waals surface area contributed by atoms with Crippen LogP contribution in [0.25, 0.3) is 10.2 Å². The summed E-state index contributed by atoms with van der Waals surface area (Å²) in [5, 5.41) is 0. The number of aromatic nitrogens is 1. The van der Waals surface area contributed by atoms with Crippen molar-refractivity contribution in [2.45, 2.75) is 48.1 Å². The first-order valence-electron chi connectivity index (χ1n) is 11.7. The number of carbonyl (C=O) groups is 2. The number of esters is 1. The van der Waals surface area contributed by atoms with Gasteiger partial charge in [0.2, 0.25) is 5.75 Å². The number of thiazole rings is 1. The number of ether oxygens (including phenoxy) is 4. The van der Waals surface area contributed by atoms with Crippen LogP contribution in [0, 0.1) is 13.8 Å². The number of fused-ring (bicyclic) bond motifs is 1. The molecule has 0 N–H and O–H groups in total. The maximum Gasteiger partial charge on any atom is 0.326 e. The van der Waals surface area contributed by atoms with E-state index in [0.29, 0.717) is 47.4 Å². The van der Waals surface area contributed by atoms with Gasteiger partial charge in [-0.25, -0.2) is 0 Å². The van der Waals surface area contributed by atoms with E-state index in [1.165, 1.54) is 11.3 Å². The average molecular weight is 501 g/mol. The van der Waals surface area contributed by atoms with Gasteiger partial charge in [0.15, 0.2) is 16.3 Å². The summed E-state index contributed by atoms with van der Waals surface area (Å²) in [6.07, 6.45) is 0. The van der Waals surface area contributed by atoms with Crippen molar-refractivity contribution < 1.29 is 28.5 Å². The van der Waals surface area contributed by atoms with Gasteiger partial charge in [0.1, 0.15) is 6.54 Å². The molecule has 1 aromatic heterocycles. The van der Waals surface area contributed by atoms with Crippen LogP contribution in [0.4, 0.5) is 0 Å². The number of hydrogen-bond donors (Lipinski definition) is 0. The first-order valence-corrected chi connectivity index (χ1v) is 12.6. The van der Waals surface area contributed by atoms with E-state index < -0.39 is 11.9 Å². The molecule has 1 amide bonds. The van der Waals surface area contributed by atoms with Crippen LogP contribution < -0.4 is 19.0 Å². The second-order valence-electron chi connectivity index (χ2n) is 7.72. The van der Waals surface area contributed by atoms with Crippen LogP contribution in [0.5, 0.6) is 17.2 Å². The highest BCUT2D eigenvalue weighted by Gasteiger charge is 2.19. The summed E-state index contributed by atoms with van der Waals surface area (Å²) in [6, 6.07) is 7.27. The minimum atomic E-state index is -0.478. The Kier molecular flexibility index (Phi) is 8.92. The molecule has 0 radical (unpaired) electrons. The minimum Gasteiger partial charge on any atom is -0.490 e. The number of rotatable bonds is 10. The first kappa shape index (κ1) is 26.3. The van der Waals surface area contributed by atoms with E-state index in [0.717, 1.165) is 21.3 Å². The number of amides is 1. The van der Waals surface area contributed by atoms with Crippen molar-refractivity contribution in [1.82, 2.24) is 4.57 Å². The molecule has 0 atom stereocenters. The lowest BCUT2D eigenvalue weighted by Crippen LogP contribution is -2.23. The third-order valence-corrected chi connectivity index (χ3v) is 6.29. The molecule has 3 rings (SSSR count). The van der Waals surface area contributed by atoms with Crippen LogP contribution in [0.15, 0.2) is 29.3 Å². The molecule has 35 heavy (non-hydrogen) atoms. The largest absolute Gasteiger partial charge is 0.490 e. The van der Waals surface area contributed by atoms with Gasteiger partial charge < -0.3 is 23.5 Å². The number of carbonyl (C=O) groups excluding carboxylic acids is 2. The summed E-state index contributed by atoms with van der Waals surface area (Å²) >= 11 is 1.36. The van der Waals surface area contributed by atoms with Crippen LogP contribution >= 0.6 is 11.3 Å². The molecule has 0 unspecified atom stereocenters. The van der Waals surface area contributed by atoms with Crippen molar-refractivity contribution in [1.29, 1.82) is 0 Å². The zero-order valence-electron chi connectivity index (χ0n) is 21.1. The maximum absolute atomic E-state index is 13.3. The van der Waals surface area contributed by atoms with E-state index in [9.17, 15) is 9.59 Å². The quantitative estimate of drug-likeness (QED) is 0.371. The van der Waals surface area contributed by atoms with Gasteiger partial charge >= 0.3 is 5.97 Å². The third-order valence-electron chi connectivity index (χ3n) is 5.06. The molecule has 0 aliphatic carbocycles. The summed E-state index contributed by atoms with van der Waals surface area (Å²) < 4.78 is 25.1. The van der Waals surface area contributed by atoms with Crippen LogP contribution in [0.2, 0.25) is 0 Å². The van der Waals surface area contributed by atoms with Crippen molar-refractivity contribution in [3.63, 3.8) is 0 Å². The zero-order valence-corrected chi connectivity index (χ0v) is 21.9. The standard InChI is InChI=1S/C26H32N2O6S/c1-7-31-20-13-18(14-21(32-8-2)23(20)34-10-4)25(30)27-26-28(15-22(29)33-9-3)19-12-16(5)11-17(6)24(19)35-26/h11-14H,7-10,15H2,1-6H3. The van der Waals surface area contributed by atoms with E-state index in [2.05, 4.69) is 11.1 Å². The molecule has 2 aromatic carbocycles. The van der Waals surface area contributed by atoms with Gasteiger partial charge in [-0.15, -0.1) is 0 Å². The Morgan fingerprint density at radius 1 is 0.886 bits per heavy atom. The summed E-state index contributed by atoms with van der Waals surface area (Å²) in [5.74, 6) is 0.423. The lowest BCUT2D eigenvalue weighted by Gasteiger charge is -2.16. The van der Waals surface area contributed by atoms with Gasteiger partial charge in [-0.1, -0.05) is 17.4 Å². The highest BCUT2D eigenvalue weighted by atomic mass is 32.1. The molecule has 188 valence electrons.